The Kier molecular flexibility index (Phi) is 6.19. The van der Waals surface area contributed by atoms with E-state index < -0.39 is 14.6 Å². The molecule has 2 N–H and O–H groups in total. The lowest BCUT2D eigenvalue weighted by atomic mass is 10.2. The molecule has 0 aliphatic carbocycles. The first-order chi connectivity index (χ1) is 7.99. The Bertz CT molecular complexity index is 366. The summed E-state index contributed by atoms with van der Waals surface area (Å²) < 4.78 is 19.3. The van der Waals surface area contributed by atoms with Gasteiger partial charge in [0.1, 0.15) is 0 Å². The molecule has 1 aromatic carbocycles. The Morgan fingerprint density at radius 2 is 2.00 bits per heavy atom. The van der Waals surface area contributed by atoms with Gasteiger partial charge in [0.2, 0.25) is 0 Å². The van der Waals surface area contributed by atoms with Crippen molar-refractivity contribution >= 4 is 19.6 Å². The second kappa shape index (κ2) is 7.16. The molecule has 17 heavy (non-hydrogen) atoms. The lowest BCUT2D eigenvalue weighted by molar-refractivity contribution is 0.0209. The Morgan fingerprint density at radius 1 is 1.35 bits per heavy atom. The largest absolute Gasteiger partial charge is 0.471 e. The summed E-state index contributed by atoms with van der Waals surface area (Å²) in [6, 6.07) is 9.44. The van der Waals surface area contributed by atoms with E-state index in [0.717, 1.165) is 5.56 Å². The molecule has 0 saturated heterocycles. The number of hydrogen-bond acceptors (Lipinski definition) is 4. The fourth-order valence-electron chi connectivity index (χ4n) is 1.00. The van der Waals surface area contributed by atoms with Crippen molar-refractivity contribution in [2.45, 2.75) is 5.25 Å². The predicted octanol–water partition coefficient (Wildman–Crippen LogP) is 2.21. The average Bonchev–Trinajstić information content (AvgIpc) is 2.28. The Balaban J connectivity index is 2.17. The monoisotopic (exact) mass is 276 g/mol. The van der Waals surface area contributed by atoms with Crippen molar-refractivity contribution in [3.63, 3.8) is 0 Å². The summed E-state index contributed by atoms with van der Waals surface area (Å²) in [6.45, 7) is 5.39. The molecule has 0 amide bonds. The second-order valence-electron chi connectivity index (χ2n) is 3.06. The van der Waals surface area contributed by atoms with Crippen LogP contribution in [0.1, 0.15) is 10.8 Å². The molecular formula is C10H13O5PS. The van der Waals surface area contributed by atoms with Crippen LogP contribution in [0.25, 0.3) is 0 Å². The van der Waals surface area contributed by atoms with Crippen molar-refractivity contribution in [1.82, 2.24) is 0 Å². The van der Waals surface area contributed by atoms with Crippen LogP contribution in [-0.2, 0) is 13.8 Å². The van der Waals surface area contributed by atoms with E-state index in [9.17, 15) is 4.57 Å². The van der Waals surface area contributed by atoms with Crippen molar-refractivity contribution in [2.24, 2.45) is 0 Å². The minimum Gasteiger partial charge on any atom is -0.344 e. The topological polar surface area (TPSA) is 76.0 Å². The minimum absolute atomic E-state index is 0.191. The Labute approximate surface area is 104 Å². The smallest absolute Gasteiger partial charge is 0.344 e. The SMILES string of the molecule is [CH]C(SCOCOP(=O)(O)O)c1ccccc1. The third kappa shape index (κ3) is 6.83. The van der Waals surface area contributed by atoms with Gasteiger partial charge in [-0.3, -0.25) is 4.52 Å². The van der Waals surface area contributed by atoms with Crippen LogP contribution in [0.2, 0.25) is 0 Å². The van der Waals surface area contributed by atoms with Crippen molar-refractivity contribution in [2.75, 3.05) is 12.7 Å². The molecule has 0 aliphatic heterocycles. The molecule has 1 aromatic rings. The normalized spacial score (nSPS) is 13.6. The van der Waals surface area contributed by atoms with Crippen molar-refractivity contribution in [3.05, 3.63) is 42.8 Å². The molecule has 1 atom stereocenters. The van der Waals surface area contributed by atoms with Gasteiger partial charge in [-0.1, -0.05) is 30.3 Å². The number of ether oxygens (including phenoxy) is 1. The van der Waals surface area contributed by atoms with Gasteiger partial charge >= 0.3 is 7.82 Å². The molecule has 0 aliphatic rings. The van der Waals surface area contributed by atoms with Crippen LogP contribution in [0.3, 0.4) is 0 Å². The first-order valence-corrected chi connectivity index (χ1v) is 7.27. The van der Waals surface area contributed by atoms with Gasteiger partial charge in [-0.15, -0.1) is 11.8 Å². The maximum absolute atomic E-state index is 10.3. The van der Waals surface area contributed by atoms with E-state index in [-0.39, 0.29) is 11.2 Å². The van der Waals surface area contributed by atoms with Crippen molar-refractivity contribution in [1.29, 1.82) is 0 Å². The van der Waals surface area contributed by atoms with Gasteiger partial charge in [-0.2, -0.15) is 0 Å². The summed E-state index contributed by atoms with van der Waals surface area (Å²) in [7, 11) is -4.45. The van der Waals surface area contributed by atoms with Gasteiger partial charge < -0.3 is 14.5 Å². The zero-order valence-corrected chi connectivity index (χ0v) is 10.6. The standard InChI is InChI=1S/C10H13O5PS/c1-9(10-5-3-2-4-6-10)17-8-14-7-15-16(11,12)13/h1-6,9H,7-8H2,(H2,11,12,13). The molecule has 0 saturated carbocycles. The molecule has 94 valence electrons. The van der Waals surface area contributed by atoms with Crippen LogP contribution < -0.4 is 0 Å². The van der Waals surface area contributed by atoms with Crippen LogP contribution in [-0.4, -0.2) is 22.5 Å². The van der Waals surface area contributed by atoms with Gasteiger partial charge in [0.25, 0.3) is 0 Å². The van der Waals surface area contributed by atoms with Crippen LogP contribution in [0.5, 0.6) is 0 Å². The molecule has 0 aromatic heterocycles. The van der Waals surface area contributed by atoms with E-state index >= 15 is 0 Å². The number of rotatable bonds is 7. The summed E-state index contributed by atoms with van der Waals surface area (Å²) in [5, 5.41) is -0.244. The van der Waals surface area contributed by atoms with Gasteiger partial charge in [0.15, 0.2) is 6.79 Å². The molecule has 1 rings (SSSR count). The first kappa shape index (κ1) is 14.7. The lowest BCUT2D eigenvalue weighted by Gasteiger charge is -2.11. The number of benzene rings is 1. The highest BCUT2D eigenvalue weighted by atomic mass is 32.2. The summed E-state index contributed by atoms with van der Waals surface area (Å²) >= 11 is 1.30. The number of phosphoric ester groups is 1. The maximum atomic E-state index is 10.3. The first-order valence-electron chi connectivity index (χ1n) is 4.69. The van der Waals surface area contributed by atoms with Gasteiger partial charge in [0, 0.05) is 5.25 Å². The molecule has 1 unspecified atom stereocenters. The van der Waals surface area contributed by atoms with E-state index in [1.54, 1.807) is 0 Å². The fourth-order valence-corrected chi connectivity index (χ4v) is 1.87. The van der Waals surface area contributed by atoms with E-state index in [4.69, 9.17) is 21.4 Å². The fraction of sp³-hybridized carbons (Fsp3) is 0.300. The lowest BCUT2D eigenvalue weighted by Crippen LogP contribution is -1.99. The summed E-state index contributed by atoms with van der Waals surface area (Å²) in [5.74, 6) is 0.191. The minimum atomic E-state index is -4.45. The molecule has 0 fully saturated rings. The van der Waals surface area contributed by atoms with Gasteiger partial charge in [-0.25, -0.2) is 4.57 Å². The molecule has 7 heteroatoms. The van der Waals surface area contributed by atoms with E-state index in [0.29, 0.717) is 0 Å². The number of thioether (sulfide) groups is 1. The van der Waals surface area contributed by atoms with Crippen LogP contribution in [0.15, 0.2) is 30.3 Å². The zero-order chi connectivity index (χ0) is 12.7. The van der Waals surface area contributed by atoms with Crippen molar-refractivity contribution in [3.8, 4) is 0 Å². The van der Waals surface area contributed by atoms with E-state index in [2.05, 4.69) is 4.52 Å². The third-order valence-electron chi connectivity index (χ3n) is 1.76. The molecule has 0 bridgehead atoms. The Morgan fingerprint density at radius 3 is 2.59 bits per heavy atom. The highest BCUT2D eigenvalue weighted by Gasteiger charge is 2.13. The molecule has 5 nitrogen and oxygen atoms in total. The molecule has 0 heterocycles. The maximum Gasteiger partial charge on any atom is 0.471 e. The van der Waals surface area contributed by atoms with Crippen LogP contribution in [0, 0.1) is 6.92 Å². The second-order valence-corrected chi connectivity index (χ2v) is 5.37. The summed E-state index contributed by atoms with van der Waals surface area (Å²) in [4.78, 5) is 16.8. The highest BCUT2D eigenvalue weighted by molar-refractivity contribution is 7.99. The summed E-state index contributed by atoms with van der Waals surface area (Å²) in [5.41, 5.74) is 0.956. The van der Waals surface area contributed by atoms with E-state index in [1.807, 2.05) is 30.3 Å². The average molecular weight is 276 g/mol. The molecular weight excluding hydrogens is 263 g/mol. The number of hydrogen-bond donors (Lipinski definition) is 2. The van der Waals surface area contributed by atoms with Crippen LogP contribution in [0.4, 0.5) is 0 Å². The predicted molar refractivity (Wildman–Crippen MR) is 65.0 cm³/mol. The molecule has 2 radical (unpaired) electrons. The number of phosphoric acid groups is 1. The van der Waals surface area contributed by atoms with Crippen molar-refractivity contribution < 1.29 is 23.6 Å². The Hall–Kier alpha value is -0.360. The quantitative estimate of drug-likeness (QED) is 0.452. The highest BCUT2D eigenvalue weighted by Crippen LogP contribution is 2.35. The summed E-state index contributed by atoms with van der Waals surface area (Å²) in [6.07, 6.45) is 0. The van der Waals surface area contributed by atoms with E-state index in [1.165, 1.54) is 11.8 Å². The molecule has 0 spiro atoms. The zero-order valence-electron chi connectivity index (χ0n) is 8.93. The third-order valence-corrected chi connectivity index (χ3v) is 3.14. The van der Waals surface area contributed by atoms with Gasteiger partial charge in [0.05, 0.1) is 5.94 Å². The van der Waals surface area contributed by atoms with Crippen LogP contribution >= 0.6 is 19.6 Å². The van der Waals surface area contributed by atoms with Gasteiger partial charge in [-0.05, 0) is 12.5 Å².